The van der Waals surface area contributed by atoms with Gasteiger partial charge in [0.15, 0.2) is 0 Å². The first kappa shape index (κ1) is 17.8. The standard InChI is InChI=1S/C15H22N6O3S2/c1-26(23,24)20-8-4-12(5-9-20)14(22)19-6-2-11(3-7-19)13-18-21-10-16-17-15(21)25-13/h10-12H,2-9H2,1H3. The Morgan fingerprint density at radius 1 is 1.15 bits per heavy atom. The van der Waals surface area contributed by atoms with Crippen molar-refractivity contribution in [3.8, 4) is 0 Å². The van der Waals surface area contributed by atoms with Crippen molar-refractivity contribution >= 4 is 32.2 Å². The fourth-order valence-electron chi connectivity index (χ4n) is 3.78. The molecule has 4 rings (SSSR count). The number of carbonyl (C=O) groups is 1. The van der Waals surface area contributed by atoms with E-state index in [-0.39, 0.29) is 11.8 Å². The number of piperidine rings is 2. The van der Waals surface area contributed by atoms with E-state index in [2.05, 4.69) is 15.3 Å². The summed E-state index contributed by atoms with van der Waals surface area (Å²) in [5, 5.41) is 13.4. The van der Waals surface area contributed by atoms with Crippen molar-refractivity contribution in [1.82, 2.24) is 29.0 Å². The molecule has 2 fully saturated rings. The van der Waals surface area contributed by atoms with E-state index in [0.29, 0.717) is 31.8 Å². The second-order valence-corrected chi connectivity index (χ2v) is 10.0. The Morgan fingerprint density at radius 2 is 1.85 bits per heavy atom. The van der Waals surface area contributed by atoms with E-state index in [1.807, 2.05) is 4.90 Å². The average Bonchev–Trinajstić information content (AvgIpc) is 3.23. The molecular weight excluding hydrogens is 376 g/mol. The van der Waals surface area contributed by atoms with Crippen molar-refractivity contribution in [3.05, 3.63) is 11.3 Å². The summed E-state index contributed by atoms with van der Waals surface area (Å²) in [4.78, 5) is 15.5. The van der Waals surface area contributed by atoms with Crippen molar-refractivity contribution in [2.24, 2.45) is 5.92 Å². The molecule has 0 unspecified atom stereocenters. The Balaban J connectivity index is 1.32. The van der Waals surface area contributed by atoms with Gasteiger partial charge in [-0.15, -0.1) is 10.2 Å². The van der Waals surface area contributed by atoms with Gasteiger partial charge in [-0.1, -0.05) is 11.3 Å². The van der Waals surface area contributed by atoms with Crippen molar-refractivity contribution in [3.63, 3.8) is 0 Å². The molecule has 0 bridgehead atoms. The van der Waals surface area contributed by atoms with E-state index in [9.17, 15) is 13.2 Å². The third kappa shape index (κ3) is 3.47. The molecule has 0 spiro atoms. The molecule has 2 aromatic heterocycles. The van der Waals surface area contributed by atoms with E-state index in [1.54, 1.807) is 22.2 Å². The first-order valence-electron chi connectivity index (χ1n) is 8.82. The van der Waals surface area contributed by atoms with E-state index >= 15 is 0 Å². The Morgan fingerprint density at radius 3 is 2.46 bits per heavy atom. The average molecular weight is 399 g/mol. The van der Waals surface area contributed by atoms with Crippen LogP contribution in [0.5, 0.6) is 0 Å². The highest BCUT2D eigenvalue weighted by Gasteiger charge is 2.33. The molecule has 0 aromatic carbocycles. The predicted octanol–water partition coefficient (Wildman–Crippen LogP) is 0.563. The number of likely N-dealkylation sites (tertiary alicyclic amines) is 1. The number of amides is 1. The smallest absolute Gasteiger partial charge is 0.234 e. The molecule has 2 aliphatic heterocycles. The van der Waals surface area contributed by atoms with Gasteiger partial charge in [-0.25, -0.2) is 12.7 Å². The molecule has 1 amide bonds. The molecular formula is C15H22N6O3S2. The minimum Gasteiger partial charge on any atom is -0.342 e. The number of carbonyl (C=O) groups excluding carboxylic acids is 1. The lowest BCUT2D eigenvalue weighted by Gasteiger charge is -2.36. The fraction of sp³-hybridized carbons (Fsp3) is 0.733. The van der Waals surface area contributed by atoms with Gasteiger partial charge in [0.2, 0.25) is 20.9 Å². The Hall–Kier alpha value is -1.59. The van der Waals surface area contributed by atoms with Crippen molar-refractivity contribution in [2.45, 2.75) is 31.6 Å². The van der Waals surface area contributed by atoms with E-state index in [0.717, 1.165) is 35.9 Å². The third-order valence-corrected chi connectivity index (χ3v) is 7.71. The summed E-state index contributed by atoms with van der Waals surface area (Å²) in [6.45, 7) is 2.35. The summed E-state index contributed by atoms with van der Waals surface area (Å²) in [5.41, 5.74) is 0. The lowest BCUT2D eigenvalue weighted by atomic mass is 9.93. The van der Waals surface area contributed by atoms with E-state index in [4.69, 9.17) is 0 Å². The van der Waals surface area contributed by atoms with Crippen LogP contribution in [0, 0.1) is 5.92 Å². The van der Waals surface area contributed by atoms with Crippen LogP contribution in [0.4, 0.5) is 0 Å². The van der Waals surface area contributed by atoms with Gasteiger partial charge < -0.3 is 4.90 Å². The topological polar surface area (TPSA) is 101 Å². The molecule has 2 aliphatic rings. The highest BCUT2D eigenvalue weighted by atomic mass is 32.2. The first-order valence-corrected chi connectivity index (χ1v) is 11.5. The number of fused-ring (bicyclic) bond motifs is 1. The van der Waals surface area contributed by atoms with Crippen LogP contribution in [0.1, 0.15) is 36.6 Å². The Bertz CT molecular complexity index is 863. The lowest BCUT2D eigenvalue weighted by Crippen LogP contribution is -2.46. The van der Waals surface area contributed by atoms with Gasteiger partial charge in [-0.3, -0.25) is 4.79 Å². The number of rotatable bonds is 3. The number of hydrogen-bond acceptors (Lipinski definition) is 7. The van der Waals surface area contributed by atoms with E-state index < -0.39 is 10.0 Å². The molecule has 0 N–H and O–H groups in total. The highest BCUT2D eigenvalue weighted by Crippen LogP contribution is 2.32. The molecule has 11 heteroatoms. The predicted molar refractivity (Wildman–Crippen MR) is 96.4 cm³/mol. The summed E-state index contributed by atoms with van der Waals surface area (Å²) in [6, 6.07) is 0. The maximum Gasteiger partial charge on any atom is 0.234 e. The molecule has 2 aromatic rings. The third-order valence-electron chi connectivity index (χ3n) is 5.33. The molecule has 142 valence electrons. The second kappa shape index (κ2) is 6.86. The zero-order valence-electron chi connectivity index (χ0n) is 14.6. The minimum absolute atomic E-state index is 0.0567. The Kier molecular flexibility index (Phi) is 4.70. The molecule has 0 atom stereocenters. The van der Waals surface area contributed by atoms with Crippen molar-refractivity contribution < 1.29 is 13.2 Å². The van der Waals surface area contributed by atoms with Crippen LogP contribution in [-0.2, 0) is 14.8 Å². The van der Waals surface area contributed by atoms with Gasteiger partial charge >= 0.3 is 0 Å². The monoisotopic (exact) mass is 398 g/mol. The normalized spacial score (nSPS) is 21.5. The lowest BCUT2D eigenvalue weighted by molar-refractivity contribution is -0.137. The summed E-state index contributed by atoms with van der Waals surface area (Å²) >= 11 is 1.56. The van der Waals surface area contributed by atoms with Gasteiger partial charge in [0, 0.05) is 38.0 Å². The molecule has 2 saturated heterocycles. The minimum atomic E-state index is -3.15. The summed E-state index contributed by atoms with van der Waals surface area (Å²) in [7, 11) is -3.15. The van der Waals surface area contributed by atoms with Crippen molar-refractivity contribution in [2.75, 3.05) is 32.4 Å². The zero-order valence-corrected chi connectivity index (χ0v) is 16.2. The van der Waals surface area contributed by atoms with Crippen LogP contribution in [0.15, 0.2) is 6.33 Å². The number of hydrogen-bond donors (Lipinski definition) is 0. The number of aromatic nitrogens is 4. The van der Waals surface area contributed by atoms with Crippen LogP contribution < -0.4 is 0 Å². The summed E-state index contributed by atoms with van der Waals surface area (Å²) < 4.78 is 26.4. The maximum atomic E-state index is 12.8. The quantitative estimate of drug-likeness (QED) is 0.749. The SMILES string of the molecule is CS(=O)(=O)N1CCC(C(=O)N2CCC(c3nn4cnnc4s3)CC2)CC1. The van der Waals surface area contributed by atoms with Crippen LogP contribution in [0.2, 0.25) is 0 Å². The number of nitrogens with zero attached hydrogens (tertiary/aromatic N) is 6. The zero-order chi connectivity index (χ0) is 18.3. The van der Waals surface area contributed by atoms with Gasteiger partial charge in [0.05, 0.1) is 6.26 Å². The fourth-order valence-corrected chi connectivity index (χ4v) is 5.64. The second-order valence-electron chi connectivity index (χ2n) is 7.03. The molecule has 9 nitrogen and oxygen atoms in total. The molecule has 4 heterocycles. The molecule has 0 radical (unpaired) electrons. The van der Waals surface area contributed by atoms with Gasteiger partial charge in [0.1, 0.15) is 11.3 Å². The molecule has 0 aliphatic carbocycles. The molecule has 26 heavy (non-hydrogen) atoms. The highest BCUT2D eigenvalue weighted by molar-refractivity contribution is 7.88. The van der Waals surface area contributed by atoms with Crippen LogP contribution in [0.3, 0.4) is 0 Å². The van der Waals surface area contributed by atoms with Crippen LogP contribution in [-0.4, -0.2) is 75.8 Å². The Labute approximate surface area is 156 Å². The summed E-state index contributed by atoms with van der Waals surface area (Å²) in [5.74, 6) is 0.478. The summed E-state index contributed by atoms with van der Waals surface area (Å²) in [6.07, 6.45) is 5.86. The van der Waals surface area contributed by atoms with Gasteiger partial charge in [-0.2, -0.15) is 9.61 Å². The first-order chi connectivity index (χ1) is 12.4. The van der Waals surface area contributed by atoms with Crippen LogP contribution >= 0.6 is 11.3 Å². The van der Waals surface area contributed by atoms with Gasteiger partial charge in [0.25, 0.3) is 0 Å². The maximum absolute atomic E-state index is 12.8. The molecule has 0 saturated carbocycles. The van der Waals surface area contributed by atoms with E-state index in [1.165, 1.54) is 10.6 Å². The largest absolute Gasteiger partial charge is 0.342 e. The number of sulfonamides is 1. The van der Waals surface area contributed by atoms with Crippen molar-refractivity contribution in [1.29, 1.82) is 0 Å². The van der Waals surface area contributed by atoms with Crippen LogP contribution in [0.25, 0.3) is 4.96 Å². The van der Waals surface area contributed by atoms with Gasteiger partial charge in [-0.05, 0) is 25.7 Å².